The first-order valence-electron chi connectivity index (χ1n) is 7.23. The molecule has 0 atom stereocenters. The van der Waals surface area contributed by atoms with Crippen LogP contribution in [-0.2, 0) is 4.74 Å². The minimum absolute atomic E-state index is 0.124. The van der Waals surface area contributed by atoms with Crippen molar-refractivity contribution < 1.29 is 23.5 Å². The van der Waals surface area contributed by atoms with Gasteiger partial charge in [-0.2, -0.15) is 0 Å². The van der Waals surface area contributed by atoms with E-state index in [9.17, 15) is 14.4 Å². The molecule has 0 unspecified atom stereocenters. The third kappa shape index (κ3) is 3.07. The van der Waals surface area contributed by atoms with Crippen LogP contribution in [-0.4, -0.2) is 19.0 Å². The van der Waals surface area contributed by atoms with Crippen LogP contribution in [0.2, 0.25) is 0 Å². The summed E-state index contributed by atoms with van der Waals surface area (Å²) in [4.78, 5) is 35.8. The molecule has 2 aromatic carbocycles. The van der Waals surface area contributed by atoms with E-state index in [4.69, 9.17) is 14.9 Å². The van der Waals surface area contributed by atoms with Gasteiger partial charge in [-0.25, -0.2) is 14.4 Å². The summed E-state index contributed by atoms with van der Waals surface area (Å²) >= 11 is 0. The lowest BCUT2D eigenvalue weighted by atomic mass is 10.1. The van der Waals surface area contributed by atoms with Crippen LogP contribution in [0.25, 0.3) is 11.0 Å². The number of fused-ring (bicyclic) bond motifs is 1. The second-order valence-corrected chi connectivity index (χ2v) is 5.08. The molecule has 3 rings (SSSR count). The van der Waals surface area contributed by atoms with Gasteiger partial charge in [-0.3, -0.25) is 0 Å². The Morgan fingerprint density at radius 3 is 2.44 bits per heavy atom. The second kappa shape index (κ2) is 6.48. The van der Waals surface area contributed by atoms with Crippen LogP contribution in [0.4, 0.5) is 5.69 Å². The summed E-state index contributed by atoms with van der Waals surface area (Å²) in [5.74, 6) is -1.19. The molecule has 0 amide bonds. The monoisotopic (exact) mass is 339 g/mol. The third-order valence-corrected chi connectivity index (χ3v) is 3.52. The molecule has 0 saturated heterocycles. The topological polar surface area (TPSA) is 109 Å². The Hall–Kier alpha value is -3.61. The molecule has 0 fully saturated rings. The highest BCUT2D eigenvalue weighted by Gasteiger charge is 2.20. The second-order valence-electron chi connectivity index (χ2n) is 5.08. The largest absolute Gasteiger partial charge is 0.465 e. The van der Waals surface area contributed by atoms with Crippen LogP contribution < -0.4 is 16.1 Å². The Bertz CT molecular complexity index is 1020. The van der Waals surface area contributed by atoms with Crippen molar-refractivity contribution in [3.8, 4) is 5.75 Å². The molecule has 0 aliphatic rings. The molecular weight excluding hydrogens is 326 g/mol. The quantitative estimate of drug-likeness (QED) is 0.443. The molecule has 0 spiro atoms. The molecule has 0 aliphatic heterocycles. The standard InChI is InChI=1S/C18H13NO6/c1-23-17(21)14-12-9-11(7-8-13(12)25-18(22)15(14)19)24-16(20)10-5-3-2-4-6-10/h2-9H,19H2,1H3. The average Bonchev–Trinajstić information content (AvgIpc) is 2.63. The first-order chi connectivity index (χ1) is 12.0. The summed E-state index contributed by atoms with van der Waals surface area (Å²) in [6, 6.07) is 12.7. The van der Waals surface area contributed by atoms with E-state index in [1.54, 1.807) is 30.3 Å². The average molecular weight is 339 g/mol. The molecule has 0 bridgehead atoms. The van der Waals surface area contributed by atoms with E-state index >= 15 is 0 Å². The zero-order valence-corrected chi connectivity index (χ0v) is 13.1. The van der Waals surface area contributed by atoms with Gasteiger partial charge in [0, 0.05) is 5.39 Å². The Labute approximate surface area is 141 Å². The summed E-state index contributed by atoms with van der Waals surface area (Å²) in [5.41, 5.74) is 4.80. The predicted molar refractivity (Wildman–Crippen MR) is 89.6 cm³/mol. The number of nitrogens with two attached hydrogens (primary N) is 1. The molecule has 2 N–H and O–H groups in total. The Balaban J connectivity index is 2.07. The Morgan fingerprint density at radius 2 is 1.76 bits per heavy atom. The van der Waals surface area contributed by atoms with Crippen LogP contribution in [0, 0.1) is 0 Å². The maximum Gasteiger partial charge on any atom is 0.360 e. The summed E-state index contributed by atoms with van der Waals surface area (Å²) in [7, 11) is 1.17. The molecule has 1 heterocycles. The van der Waals surface area contributed by atoms with Gasteiger partial charge in [0.05, 0.1) is 12.7 Å². The minimum atomic E-state index is -0.845. The van der Waals surface area contributed by atoms with Crippen molar-refractivity contribution in [2.45, 2.75) is 0 Å². The number of methoxy groups -OCH3 is 1. The summed E-state index contributed by atoms with van der Waals surface area (Å²) in [6.45, 7) is 0. The Morgan fingerprint density at radius 1 is 1.04 bits per heavy atom. The van der Waals surface area contributed by atoms with Gasteiger partial charge in [-0.1, -0.05) is 18.2 Å². The fourth-order valence-corrected chi connectivity index (χ4v) is 2.32. The predicted octanol–water partition coefficient (Wildman–Crippen LogP) is 2.38. The van der Waals surface area contributed by atoms with Crippen molar-refractivity contribution in [1.82, 2.24) is 0 Å². The van der Waals surface area contributed by atoms with Gasteiger partial charge in [0.2, 0.25) is 0 Å². The molecule has 25 heavy (non-hydrogen) atoms. The number of carbonyl (C=O) groups is 2. The van der Waals surface area contributed by atoms with Crippen LogP contribution in [0.5, 0.6) is 5.75 Å². The highest BCUT2D eigenvalue weighted by molar-refractivity contribution is 6.07. The van der Waals surface area contributed by atoms with Crippen LogP contribution in [0.3, 0.4) is 0 Å². The fraction of sp³-hybridized carbons (Fsp3) is 0.0556. The lowest BCUT2D eigenvalue weighted by molar-refractivity contribution is 0.0603. The minimum Gasteiger partial charge on any atom is -0.465 e. The smallest absolute Gasteiger partial charge is 0.360 e. The summed E-state index contributed by atoms with van der Waals surface area (Å²) in [6.07, 6.45) is 0. The van der Waals surface area contributed by atoms with Crippen molar-refractivity contribution >= 4 is 28.6 Å². The van der Waals surface area contributed by atoms with Crippen molar-refractivity contribution in [2.75, 3.05) is 12.8 Å². The van der Waals surface area contributed by atoms with E-state index in [0.29, 0.717) is 5.56 Å². The zero-order chi connectivity index (χ0) is 18.0. The van der Waals surface area contributed by atoms with Crippen LogP contribution in [0.1, 0.15) is 20.7 Å². The number of esters is 2. The first-order valence-corrected chi connectivity index (χ1v) is 7.23. The van der Waals surface area contributed by atoms with Crippen molar-refractivity contribution in [1.29, 1.82) is 0 Å². The molecule has 0 saturated carbocycles. The van der Waals surface area contributed by atoms with Gasteiger partial charge >= 0.3 is 17.6 Å². The zero-order valence-electron chi connectivity index (χ0n) is 13.1. The number of ether oxygens (including phenoxy) is 2. The highest BCUT2D eigenvalue weighted by atomic mass is 16.5. The van der Waals surface area contributed by atoms with E-state index < -0.39 is 17.6 Å². The molecular formula is C18H13NO6. The van der Waals surface area contributed by atoms with Gasteiger partial charge in [-0.15, -0.1) is 0 Å². The molecule has 126 valence electrons. The third-order valence-electron chi connectivity index (χ3n) is 3.52. The SMILES string of the molecule is COC(=O)c1c(N)c(=O)oc2ccc(OC(=O)c3ccccc3)cc12. The van der Waals surface area contributed by atoms with E-state index in [1.807, 2.05) is 0 Å². The lowest BCUT2D eigenvalue weighted by Gasteiger charge is -2.09. The van der Waals surface area contributed by atoms with E-state index in [0.717, 1.165) is 0 Å². The first kappa shape index (κ1) is 16.3. The van der Waals surface area contributed by atoms with E-state index in [-0.39, 0.29) is 28.0 Å². The van der Waals surface area contributed by atoms with Crippen LogP contribution in [0.15, 0.2) is 57.7 Å². The van der Waals surface area contributed by atoms with Crippen molar-refractivity contribution in [3.63, 3.8) is 0 Å². The van der Waals surface area contributed by atoms with Gasteiger partial charge in [0.1, 0.15) is 22.6 Å². The lowest BCUT2D eigenvalue weighted by Crippen LogP contribution is -2.15. The summed E-state index contributed by atoms with van der Waals surface area (Å²) < 4.78 is 15.0. The van der Waals surface area contributed by atoms with Gasteiger partial charge < -0.3 is 19.6 Å². The van der Waals surface area contributed by atoms with Gasteiger partial charge in [0.15, 0.2) is 0 Å². The number of benzene rings is 2. The molecule has 0 radical (unpaired) electrons. The number of hydrogen-bond donors (Lipinski definition) is 1. The number of rotatable bonds is 3. The number of hydrogen-bond acceptors (Lipinski definition) is 7. The van der Waals surface area contributed by atoms with E-state index in [1.165, 1.54) is 25.3 Å². The van der Waals surface area contributed by atoms with Gasteiger partial charge in [0.25, 0.3) is 0 Å². The Kier molecular flexibility index (Phi) is 4.21. The van der Waals surface area contributed by atoms with Crippen molar-refractivity contribution in [3.05, 3.63) is 70.1 Å². The number of nitrogen functional groups attached to an aromatic ring is 1. The van der Waals surface area contributed by atoms with Crippen molar-refractivity contribution in [2.24, 2.45) is 0 Å². The highest BCUT2D eigenvalue weighted by Crippen LogP contribution is 2.27. The fourth-order valence-electron chi connectivity index (χ4n) is 2.32. The maximum atomic E-state index is 12.1. The molecule has 1 aromatic heterocycles. The van der Waals surface area contributed by atoms with Gasteiger partial charge in [-0.05, 0) is 30.3 Å². The van der Waals surface area contributed by atoms with E-state index in [2.05, 4.69) is 4.74 Å². The molecule has 3 aromatic rings. The number of carbonyl (C=O) groups excluding carboxylic acids is 2. The molecule has 7 heteroatoms. The maximum absolute atomic E-state index is 12.1. The normalized spacial score (nSPS) is 10.4. The van der Waals surface area contributed by atoms with Crippen LogP contribution >= 0.6 is 0 Å². The summed E-state index contributed by atoms with van der Waals surface area (Å²) in [5, 5.41) is 0.210. The molecule has 0 aliphatic carbocycles. The molecule has 7 nitrogen and oxygen atoms in total. The number of anilines is 1.